The monoisotopic (exact) mass is 571 g/mol. The number of aliphatic carboxylic acids is 1. The number of nitrogens with one attached hydrogen (secondary N) is 1. The standard InChI is InChI=1S/C14H21NO19S2/c1-4(16)15-8-11(32-34-21)10(7(29-13(8)20)3-28-35(22,23)24)31-14-9(33-36(25,26)27)5(17)2-6(30-14)12(18)19/h2,5,7-11,13-14,17,20-21H,3H2,1H3,(H,15,16)(H,18,19)(H,22,23,24)(H,25,26,27)/t5-,7?,8?,9?,10+,11+,13?,14-/m0/s1. The number of hydrogen-bond donors (Lipinski definition) is 7. The Labute approximate surface area is 201 Å². The van der Waals surface area contributed by atoms with Crippen molar-refractivity contribution in [3.05, 3.63) is 11.8 Å². The average molecular weight is 571 g/mol. The Morgan fingerprint density at radius 1 is 1.08 bits per heavy atom. The molecule has 0 radical (unpaired) electrons. The molecule has 1 saturated heterocycles. The Morgan fingerprint density at radius 2 is 1.72 bits per heavy atom. The highest BCUT2D eigenvalue weighted by Gasteiger charge is 2.52. The predicted molar refractivity (Wildman–Crippen MR) is 102 cm³/mol. The smallest absolute Gasteiger partial charge is 0.397 e. The highest BCUT2D eigenvalue weighted by molar-refractivity contribution is 7.81. The maximum absolute atomic E-state index is 11.6. The van der Waals surface area contributed by atoms with E-state index in [1.54, 1.807) is 0 Å². The van der Waals surface area contributed by atoms with E-state index in [9.17, 15) is 41.7 Å². The molecule has 208 valence electrons. The van der Waals surface area contributed by atoms with Crippen LogP contribution in [0.2, 0.25) is 0 Å². The minimum absolute atomic E-state index is 0.489. The molecule has 8 atom stereocenters. The van der Waals surface area contributed by atoms with Gasteiger partial charge in [0.15, 0.2) is 12.4 Å². The summed E-state index contributed by atoms with van der Waals surface area (Å²) < 4.78 is 86.3. The fourth-order valence-corrected chi connectivity index (χ4v) is 3.98. The first-order valence-corrected chi connectivity index (χ1v) is 12.1. The molecule has 20 nitrogen and oxygen atoms in total. The number of rotatable bonds is 11. The van der Waals surface area contributed by atoms with Gasteiger partial charge in [-0.25, -0.2) is 18.4 Å². The second-order valence-corrected chi connectivity index (χ2v) is 9.18. The molecule has 0 aromatic heterocycles. The summed E-state index contributed by atoms with van der Waals surface area (Å²) in [5.74, 6) is -3.59. The van der Waals surface area contributed by atoms with Crippen LogP contribution in [0.15, 0.2) is 11.8 Å². The van der Waals surface area contributed by atoms with Gasteiger partial charge in [0.25, 0.3) is 0 Å². The van der Waals surface area contributed by atoms with E-state index < -0.39 is 94.2 Å². The summed E-state index contributed by atoms with van der Waals surface area (Å²) in [6, 6.07) is -1.68. The van der Waals surface area contributed by atoms with Gasteiger partial charge in [0.2, 0.25) is 18.0 Å². The molecule has 36 heavy (non-hydrogen) atoms. The van der Waals surface area contributed by atoms with Crippen LogP contribution in [0.25, 0.3) is 0 Å². The second kappa shape index (κ2) is 12.0. The molecule has 2 aliphatic heterocycles. The Bertz CT molecular complexity index is 1040. The number of carboxylic acid groups (broad SMARTS) is 1. The van der Waals surface area contributed by atoms with Gasteiger partial charge in [-0.15, -0.1) is 0 Å². The van der Waals surface area contributed by atoms with Crippen LogP contribution in [0.1, 0.15) is 6.92 Å². The van der Waals surface area contributed by atoms with Crippen molar-refractivity contribution >= 4 is 32.7 Å². The van der Waals surface area contributed by atoms with E-state index in [-0.39, 0.29) is 0 Å². The van der Waals surface area contributed by atoms with Crippen molar-refractivity contribution in [2.75, 3.05) is 6.61 Å². The first-order valence-electron chi connectivity index (χ1n) is 9.32. The van der Waals surface area contributed by atoms with Gasteiger partial charge in [-0.05, 0) is 6.08 Å². The molecule has 4 unspecified atom stereocenters. The number of aliphatic hydroxyl groups excluding tert-OH is 2. The van der Waals surface area contributed by atoms with Crippen molar-refractivity contribution in [3.8, 4) is 0 Å². The lowest BCUT2D eigenvalue weighted by Crippen LogP contribution is -2.66. The van der Waals surface area contributed by atoms with Crippen molar-refractivity contribution in [1.29, 1.82) is 0 Å². The Kier molecular flexibility index (Phi) is 10.0. The molecule has 0 spiro atoms. The lowest BCUT2D eigenvalue weighted by Gasteiger charge is -2.45. The molecule has 0 aliphatic carbocycles. The number of carbonyl (C=O) groups is 2. The number of aliphatic hydroxyl groups is 2. The molecule has 0 aromatic carbocycles. The van der Waals surface area contributed by atoms with Crippen LogP contribution >= 0.6 is 0 Å². The molecule has 0 bridgehead atoms. The fourth-order valence-electron chi connectivity index (χ4n) is 3.19. The summed E-state index contributed by atoms with van der Waals surface area (Å²) in [6.45, 7) is -0.188. The van der Waals surface area contributed by atoms with E-state index in [0.717, 1.165) is 6.92 Å². The van der Waals surface area contributed by atoms with E-state index in [1.165, 1.54) is 0 Å². The third-order valence-corrected chi connectivity index (χ3v) is 5.38. The van der Waals surface area contributed by atoms with Crippen molar-refractivity contribution in [2.24, 2.45) is 0 Å². The fraction of sp³-hybridized carbons (Fsp3) is 0.714. The van der Waals surface area contributed by atoms with Crippen LogP contribution in [0.4, 0.5) is 0 Å². The Morgan fingerprint density at radius 3 is 2.22 bits per heavy atom. The third kappa shape index (κ3) is 8.51. The number of carbonyl (C=O) groups excluding carboxylic acids is 1. The number of amides is 1. The lowest BCUT2D eigenvalue weighted by atomic mass is 9.96. The van der Waals surface area contributed by atoms with Gasteiger partial charge in [-0.2, -0.15) is 21.7 Å². The van der Waals surface area contributed by atoms with Crippen LogP contribution < -0.4 is 5.32 Å². The minimum Gasteiger partial charge on any atom is -0.475 e. The largest absolute Gasteiger partial charge is 0.475 e. The van der Waals surface area contributed by atoms with Gasteiger partial charge in [0, 0.05) is 6.92 Å². The van der Waals surface area contributed by atoms with E-state index in [0.29, 0.717) is 6.08 Å². The van der Waals surface area contributed by atoms with E-state index >= 15 is 0 Å². The van der Waals surface area contributed by atoms with Gasteiger partial charge >= 0.3 is 26.8 Å². The highest BCUT2D eigenvalue weighted by Crippen LogP contribution is 2.31. The van der Waals surface area contributed by atoms with E-state index in [2.05, 4.69) is 23.6 Å². The summed E-state index contributed by atoms with van der Waals surface area (Å²) in [4.78, 5) is 27.4. The molecule has 2 aliphatic rings. The lowest BCUT2D eigenvalue weighted by molar-refractivity contribution is -0.523. The van der Waals surface area contributed by atoms with Crippen LogP contribution in [-0.4, -0.2) is 114 Å². The zero-order chi connectivity index (χ0) is 27.4. The number of hydrogen-bond acceptors (Lipinski definition) is 16. The van der Waals surface area contributed by atoms with Gasteiger partial charge < -0.3 is 34.8 Å². The predicted octanol–water partition coefficient (Wildman–Crippen LogP) is -3.92. The second-order valence-electron chi connectivity index (χ2n) is 7.04. The molecular weight excluding hydrogens is 550 g/mol. The van der Waals surface area contributed by atoms with Gasteiger partial charge in [0.05, 0.1) is 6.61 Å². The number of carboxylic acids is 1. The zero-order valence-corrected chi connectivity index (χ0v) is 19.3. The van der Waals surface area contributed by atoms with E-state index in [1.807, 2.05) is 0 Å². The SMILES string of the molecule is CC(=O)NC1C(O)OC(COS(=O)(=O)O)[C@@H](O[C@@H]2OC(C(=O)O)=C[C@H](O)C2OS(=O)(=O)O)[C@@H]1OOO. The van der Waals surface area contributed by atoms with Crippen LogP contribution in [-0.2, 0) is 62.9 Å². The molecule has 2 heterocycles. The molecule has 1 fully saturated rings. The summed E-state index contributed by atoms with van der Waals surface area (Å²) in [6.07, 6.45) is -13.9. The molecule has 1 amide bonds. The van der Waals surface area contributed by atoms with Crippen LogP contribution in [0.5, 0.6) is 0 Å². The highest BCUT2D eigenvalue weighted by atomic mass is 32.3. The van der Waals surface area contributed by atoms with Crippen LogP contribution in [0.3, 0.4) is 0 Å². The molecule has 22 heteroatoms. The molecule has 7 N–H and O–H groups in total. The first kappa shape index (κ1) is 30.2. The number of ether oxygens (including phenoxy) is 3. The zero-order valence-electron chi connectivity index (χ0n) is 17.7. The normalized spacial score (nSPS) is 33.3. The van der Waals surface area contributed by atoms with Gasteiger partial charge in [0.1, 0.15) is 30.5 Å². The van der Waals surface area contributed by atoms with Crippen molar-refractivity contribution < 1.29 is 88.6 Å². The van der Waals surface area contributed by atoms with Gasteiger partial charge in [-0.1, -0.05) is 5.04 Å². The summed E-state index contributed by atoms with van der Waals surface area (Å²) >= 11 is 0. The molecular formula is C14H21NO19S2. The van der Waals surface area contributed by atoms with E-state index in [4.69, 9.17) is 28.6 Å². The van der Waals surface area contributed by atoms with Crippen molar-refractivity contribution in [3.63, 3.8) is 0 Å². The average Bonchev–Trinajstić information content (AvgIpc) is 2.71. The van der Waals surface area contributed by atoms with Crippen molar-refractivity contribution in [2.45, 2.75) is 56.1 Å². The summed E-state index contributed by atoms with van der Waals surface area (Å²) in [5, 5.41) is 44.1. The van der Waals surface area contributed by atoms with Crippen molar-refractivity contribution in [1.82, 2.24) is 5.32 Å². The third-order valence-electron chi connectivity index (χ3n) is 4.48. The summed E-state index contributed by atoms with van der Waals surface area (Å²) in [7, 11) is -10.5. The summed E-state index contributed by atoms with van der Waals surface area (Å²) in [5.41, 5.74) is 0. The maximum atomic E-state index is 11.6. The minimum atomic E-state index is -5.33. The van der Waals surface area contributed by atoms with Crippen LogP contribution in [0, 0.1) is 0 Å². The Hall–Kier alpha value is -2.06. The Balaban J connectivity index is 2.50. The molecule has 0 saturated carbocycles. The molecule has 0 aromatic rings. The maximum Gasteiger partial charge on any atom is 0.397 e. The van der Waals surface area contributed by atoms with Gasteiger partial charge in [-0.3, -0.25) is 13.9 Å². The topological polar surface area (TPSA) is 300 Å². The quantitative estimate of drug-likeness (QED) is 0.0707. The first-order chi connectivity index (χ1) is 16.5. The molecule has 2 rings (SSSR count).